The fourth-order valence-corrected chi connectivity index (χ4v) is 1.92. The van der Waals surface area contributed by atoms with Gasteiger partial charge in [0.2, 0.25) is 0 Å². The topological polar surface area (TPSA) is 98.7 Å². The van der Waals surface area contributed by atoms with Crippen molar-refractivity contribution >= 4 is 23.3 Å². The van der Waals surface area contributed by atoms with Crippen LogP contribution in [0.25, 0.3) is 0 Å². The summed E-state index contributed by atoms with van der Waals surface area (Å²) in [7, 11) is 0. The Kier molecular flexibility index (Phi) is 4.92. The number of nitrogens with one attached hydrogen (secondary N) is 2. The minimum Gasteiger partial charge on any atom is -0.479 e. The lowest BCUT2D eigenvalue weighted by molar-refractivity contribution is -0.146. The van der Waals surface area contributed by atoms with Crippen molar-refractivity contribution in [3.05, 3.63) is 21.9 Å². The molecular weight excluding hydrogens is 244 g/mol. The average Bonchev–Trinajstić information content (AvgIpc) is 2.69. The number of rotatable bonds is 5. The molecule has 0 saturated heterocycles. The van der Waals surface area contributed by atoms with Crippen LogP contribution in [0.4, 0.5) is 4.79 Å². The summed E-state index contributed by atoms with van der Waals surface area (Å²) in [5.74, 6) is -1.36. The predicted molar refractivity (Wildman–Crippen MR) is 62.9 cm³/mol. The number of amides is 2. The van der Waals surface area contributed by atoms with Gasteiger partial charge in [0, 0.05) is 9.75 Å². The third-order valence-electron chi connectivity index (χ3n) is 1.96. The number of hydrogen-bond donors (Lipinski definition) is 4. The normalized spacial score (nSPS) is 11.9. The zero-order valence-corrected chi connectivity index (χ0v) is 10.1. The number of carboxylic acid groups (broad SMARTS) is 1. The second-order valence-electron chi connectivity index (χ2n) is 3.43. The standard InChI is InChI=1S/C10H14N2O4S/c1-6-2-3-7(17-6)4-11-10(16)12-5-8(13)9(14)15/h2-3,8,13H,4-5H2,1H3,(H,14,15)(H2,11,12,16). The van der Waals surface area contributed by atoms with Gasteiger partial charge >= 0.3 is 12.0 Å². The van der Waals surface area contributed by atoms with Crippen LogP contribution in [0.1, 0.15) is 9.75 Å². The number of carboxylic acids is 1. The van der Waals surface area contributed by atoms with Crippen molar-refractivity contribution < 1.29 is 19.8 Å². The maximum Gasteiger partial charge on any atom is 0.334 e. The van der Waals surface area contributed by atoms with E-state index < -0.39 is 18.1 Å². The highest BCUT2D eigenvalue weighted by Gasteiger charge is 2.13. The summed E-state index contributed by atoms with van der Waals surface area (Å²) in [5, 5.41) is 22.1. The molecule has 1 heterocycles. The minimum atomic E-state index is -1.58. The first-order valence-corrected chi connectivity index (χ1v) is 5.78. The van der Waals surface area contributed by atoms with Gasteiger partial charge in [-0.3, -0.25) is 0 Å². The Morgan fingerprint density at radius 3 is 2.65 bits per heavy atom. The zero-order valence-electron chi connectivity index (χ0n) is 9.27. The fraction of sp³-hybridized carbons (Fsp3) is 0.400. The molecule has 0 aliphatic heterocycles. The van der Waals surface area contributed by atoms with E-state index in [0.717, 1.165) is 9.75 Å². The Bertz CT molecular complexity index is 405. The molecule has 0 aromatic carbocycles. The van der Waals surface area contributed by atoms with E-state index in [0.29, 0.717) is 6.54 Å². The summed E-state index contributed by atoms with van der Waals surface area (Å²) in [6.07, 6.45) is -1.58. The lowest BCUT2D eigenvalue weighted by Gasteiger charge is -2.08. The monoisotopic (exact) mass is 258 g/mol. The summed E-state index contributed by atoms with van der Waals surface area (Å²) in [5.41, 5.74) is 0. The van der Waals surface area contributed by atoms with Gasteiger partial charge in [-0.25, -0.2) is 9.59 Å². The predicted octanol–water partition coefficient (Wildman–Crippen LogP) is 0.301. The number of urea groups is 1. The van der Waals surface area contributed by atoms with E-state index in [1.807, 2.05) is 19.1 Å². The molecule has 1 rings (SSSR count). The van der Waals surface area contributed by atoms with Crippen molar-refractivity contribution in [3.8, 4) is 0 Å². The van der Waals surface area contributed by atoms with Gasteiger partial charge in [-0.05, 0) is 19.1 Å². The Morgan fingerprint density at radius 2 is 2.12 bits per heavy atom. The first-order valence-electron chi connectivity index (χ1n) is 4.97. The van der Waals surface area contributed by atoms with Gasteiger partial charge in [-0.1, -0.05) is 0 Å². The van der Waals surface area contributed by atoms with Crippen molar-refractivity contribution in [1.29, 1.82) is 0 Å². The van der Waals surface area contributed by atoms with Crippen LogP contribution in [0.2, 0.25) is 0 Å². The minimum absolute atomic E-state index is 0.315. The van der Waals surface area contributed by atoms with Crippen LogP contribution < -0.4 is 10.6 Å². The molecule has 1 unspecified atom stereocenters. The van der Waals surface area contributed by atoms with Gasteiger partial charge in [0.15, 0.2) is 6.10 Å². The maximum absolute atomic E-state index is 11.2. The van der Waals surface area contributed by atoms with E-state index in [1.54, 1.807) is 11.3 Å². The Morgan fingerprint density at radius 1 is 1.41 bits per heavy atom. The van der Waals surface area contributed by atoms with E-state index in [-0.39, 0.29) is 6.54 Å². The van der Waals surface area contributed by atoms with Crippen molar-refractivity contribution in [1.82, 2.24) is 10.6 Å². The second-order valence-corrected chi connectivity index (χ2v) is 4.80. The van der Waals surface area contributed by atoms with Crippen LogP contribution in [0, 0.1) is 6.92 Å². The summed E-state index contributed by atoms with van der Waals surface area (Å²) >= 11 is 1.57. The van der Waals surface area contributed by atoms with Crippen LogP contribution in [-0.4, -0.2) is 34.9 Å². The molecule has 0 saturated carbocycles. The molecule has 0 bridgehead atoms. The molecule has 7 heteroatoms. The number of aliphatic hydroxyl groups excluding tert-OH is 1. The van der Waals surface area contributed by atoms with Crippen molar-refractivity contribution in [2.45, 2.75) is 19.6 Å². The fourth-order valence-electron chi connectivity index (χ4n) is 1.09. The quantitative estimate of drug-likeness (QED) is 0.610. The molecule has 4 N–H and O–H groups in total. The SMILES string of the molecule is Cc1ccc(CNC(=O)NCC(O)C(=O)O)s1. The summed E-state index contributed by atoms with van der Waals surface area (Å²) in [4.78, 5) is 23.7. The van der Waals surface area contributed by atoms with Crippen LogP contribution in [0.15, 0.2) is 12.1 Å². The van der Waals surface area contributed by atoms with E-state index in [1.165, 1.54) is 0 Å². The number of aliphatic hydroxyl groups is 1. The van der Waals surface area contributed by atoms with Gasteiger partial charge in [-0.15, -0.1) is 11.3 Å². The molecule has 0 spiro atoms. The number of hydrogen-bond acceptors (Lipinski definition) is 4. The highest BCUT2D eigenvalue weighted by molar-refractivity contribution is 7.11. The third kappa shape index (κ3) is 4.83. The number of aliphatic carboxylic acids is 1. The van der Waals surface area contributed by atoms with Gasteiger partial charge in [0.25, 0.3) is 0 Å². The summed E-state index contributed by atoms with van der Waals surface area (Å²) in [6.45, 7) is 2.04. The lowest BCUT2D eigenvalue weighted by Crippen LogP contribution is -2.41. The number of carbonyl (C=O) groups is 2. The van der Waals surface area contributed by atoms with Gasteiger partial charge in [0.05, 0.1) is 13.1 Å². The molecule has 0 radical (unpaired) electrons. The molecule has 2 amide bonds. The summed E-state index contributed by atoms with van der Waals surface area (Å²) < 4.78 is 0. The molecular formula is C10H14N2O4S. The van der Waals surface area contributed by atoms with E-state index >= 15 is 0 Å². The second kappa shape index (κ2) is 6.21. The van der Waals surface area contributed by atoms with Crippen LogP contribution >= 0.6 is 11.3 Å². The Balaban J connectivity index is 2.24. The zero-order chi connectivity index (χ0) is 12.8. The molecule has 17 heavy (non-hydrogen) atoms. The Labute approximate surface area is 102 Å². The smallest absolute Gasteiger partial charge is 0.334 e. The van der Waals surface area contributed by atoms with Crippen LogP contribution in [0.3, 0.4) is 0 Å². The number of carbonyl (C=O) groups excluding carboxylic acids is 1. The molecule has 0 aliphatic carbocycles. The van der Waals surface area contributed by atoms with Crippen molar-refractivity contribution in [2.24, 2.45) is 0 Å². The van der Waals surface area contributed by atoms with E-state index in [2.05, 4.69) is 10.6 Å². The largest absolute Gasteiger partial charge is 0.479 e. The van der Waals surface area contributed by atoms with Crippen LogP contribution in [0.5, 0.6) is 0 Å². The van der Waals surface area contributed by atoms with Gasteiger partial charge in [-0.2, -0.15) is 0 Å². The third-order valence-corrected chi connectivity index (χ3v) is 2.96. The van der Waals surface area contributed by atoms with Crippen LogP contribution in [-0.2, 0) is 11.3 Å². The molecule has 0 fully saturated rings. The lowest BCUT2D eigenvalue weighted by atomic mass is 10.3. The van der Waals surface area contributed by atoms with E-state index in [9.17, 15) is 9.59 Å². The first kappa shape index (κ1) is 13.5. The molecule has 1 aromatic rings. The number of thiophene rings is 1. The first-order chi connectivity index (χ1) is 7.99. The maximum atomic E-state index is 11.2. The summed E-state index contributed by atoms with van der Waals surface area (Å²) in [6, 6.07) is 3.36. The molecule has 1 atom stereocenters. The highest BCUT2D eigenvalue weighted by Crippen LogP contribution is 2.14. The van der Waals surface area contributed by atoms with Crippen molar-refractivity contribution in [2.75, 3.05) is 6.54 Å². The molecule has 0 aliphatic rings. The highest BCUT2D eigenvalue weighted by atomic mass is 32.1. The Hall–Kier alpha value is -1.60. The average molecular weight is 258 g/mol. The number of aryl methyl sites for hydroxylation is 1. The molecule has 6 nitrogen and oxygen atoms in total. The van der Waals surface area contributed by atoms with E-state index in [4.69, 9.17) is 10.2 Å². The van der Waals surface area contributed by atoms with Gasteiger partial charge < -0.3 is 20.8 Å². The molecule has 1 aromatic heterocycles. The van der Waals surface area contributed by atoms with Gasteiger partial charge in [0.1, 0.15) is 0 Å². The molecule has 94 valence electrons. The van der Waals surface area contributed by atoms with Crippen molar-refractivity contribution in [3.63, 3.8) is 0 Å².